The van der Waals surface area contributed by atoms with Crippen LogP contribution in [0.3, 0.4) is 0 Å². The van der Waals surface area contributed by atoms with E-state index in [4.69, 9.17) is 10.5 Å². The maximum Gasteiger partial charge on any atom is 0.255 e. The van der Waals surface area contributed by atoms with Crippen LogP contribution in [0.4, 0.5) is 5.69 Å². The van der Waals surface area contributed by atoms with E-state index in [9.17, 15) is 4.79 Å². The van der Waals surface area contributed by atoms with E-state index in [-0.39, 0.29) is 11.9 Å². The van der Waals surface area contributed by atoms with E-state index >= 15 is 0 Å². The zero-order chi connectivity index (χ0) is 14.8. The number of hydrogen-bond acceptors (Lipinski definition) is 3. The van der Waals surface area contributed by atoms with Crippen molar-refractivity contribution in [3.05, 3.63) is 64.7 Å². The van der Waals surface area contributed by atoms with Crippen molar-refractivity contribution >= 4 is 11.6 Å². The first kappa shape index (κ1) is 13.8. The molecule has 108 valence electrons. The van der Waals surface area contributed by atoms with E-state index < -0.39 is 0 Å². The number of carbonyl (C=O) groups is 1. The van der Waals surface area contributed by atoms with Crippen LogP contribution in [0.2, 0.25) is 0 Å². The smallest absolute Gasteiger partial charge is 0.255 e. The highest BCUT2D eigenvalue weighted by atomic mass is 16.5. The van der Waals surface area contributed by atoms with Gasteiger partial charge in [-0.05, 0) is 47.9 Å². The van der Waals surface area contributed by atoms with Crippen LogP contribution in [-0.2, 0) is 18.0 Å². The highest BCUT2D eigenvalue weighted by Crippen LogP contribution is 2.21. The topological polar surface area (TPSA) is 64.3 Å². The summed E-state index contributed by atoms with van der Waals surface area (Å²) in [5.41, 5.74) is 10.5. The first-order chi connectivity index (χ1) is 10.1. The predicted octanol–water partition coefficient (Wildman–Crippen LogP) is 2.99. The van der Waals surface area contributed by atoms with Gasteiger partial charge in [0.25, 0.3) is 5.91 Å². The Labute approximate surface area is 123 Å². The van der Waals surface area contributed by atoms with E-state index in [2.05, 4.69) is 5.32 Å². The Morgan fingerprint density at radius 3 is 2.57 bits per heavy atom. The fraction of sp³-hybridized carbons (Fsp3) is 0.235. The molecule has 0 fully saturated rings. The molecule has 4 heteroatoms. The molecule has 2 aromatic rings. The number of rotatable bonds is 3. The van der Waals surface area contributed by atoms with Crippen molar-refractivity contribution in [2.45, 2.75) is 26.2 Å². The van der Waals surface area contributed by atoms with E-state index in [0.717, 1.165) is 22.4 Å². The molecule has 2 aromatic carbocycles. The lowest BCUT2D eigenvalue weighted by Crippen LogP contribution is -2.12. The van der Waals surface area contributed by atoms with Crippen molar-refractivity contribution in [2.24, 2.45) is 5.73 Å². The molecule has 1 aliphatic heterocycles. The molecule has 1 aliphatic rings. The first-order valence-electron chi connectivity index (χ1n) is 7.00. The fourth-order valence-electron chi connectivity index (χ4n) is 2.39. The van der Waals surface area contributed by atoms with Crippen LogP contribution in [0.25, 0.3) is 0 Å². The number of carbonyl (C=O) groups excluding carboxylic acids is 1. The number of ether oxygens (including phenoxy) is 1. The highest BCUT2D eigenvalue weighted by molar-refractivity contribution is 6.04. The third-order valence-corrected chi connectivity index (χ3v) is 3.68. The zero-order valence-corrected chi connectivity index (χ0v) is 11.9. The molecule has 3 N–H and O–H groups in total. The summed E-state index contributed by atoms with van der Waals surface area (Å²) in [6.45, 7) is 3.15. The minimum atomic E-state index is -0.113. The van der Waals surface area contributed by atoms with Crippen LogP contribution in [0.1, 0.15) is 40.0 Å². The third kappa shape index (κ3) is 2.96. The van der Waals surface area contributed by atoms with Crippen LogP contribution in [0, 0.1) is 0 Å². The second-order valence-corrected chi connectivity index (χ2v) is 5.34. The van der Waals surface area contributed by atoms with Gasteiger partial charge in [-0.15, -0.1) is 0 Å². The average Bonchev–Trinajstić information content (AvgIpc) is 2.95. The summed E-state index contributed by atoms with van der Waals surface area (Å²) in [6.07, 6.45) is 0. The van der Waals surface area contributed by atoms with Crippen LogP contribution < -0.4 is 11.1 Å². The van der Waals surface area contributed by atoms with E-state index in [0.29, 0.717) is 18.8 Å². The zero-order valence-electron chi connectivity index (χ0n) is 11.9. The second-order valence-electron chi connectivity index (χ2n) is 5.34. The lowest BCUT2D eigenvalue weighted by atomic mass is 10.1. The van der Waals surface area contributed by atoms with Crippen LogP contribution in [0.5, 0.6) is 0 Å². The van der Waals surface area contributed by atoms with Crippen molar-refractivity contribution in [1.82, 2.24) is 0 Å². The number of hydrogen-bond donors (Lipinski definition) is 2. The molecule has 1 unspecified atom stereocenters. The van der Waals surface area contributed by atoms with Crippen molar-refractivity contribution in [1.29, 1.82) is 0 Å². The Hall–Kier alpha value is -2.17. The molecular formula is C17H18N2O2. The number of nitrogens with one attached hydrogen (secondary N) is 1. The maximum atomic E-state index is 12.3. The Morgan fingerprint density at radius 2 is 1.86 bits per heavy atom. The molecule has 1 atom stereocenters. The van der Waals surface area contributed by atoms with Gasteiger partial charge in [-0.2, -0.15) is 0 Å². The van der Waals surface area contributed by atoms with Gasteiger partial charge in [-0.1, -0.05) is 18.2 Å². The number of benzene rings is 2. The fourth-order valence-corrected chi connectivity index (χ4v) is 2.39. The van der Waals surface area contributed by atoms with Gasteiger partial charge in [0.2, 0.25) is 0 Å². The summed E-state index contributed by atoms with van der Waals surface area (Å²) >= 11 is 0. The minimum absolute atomic E-state index is 0.00791. The summed E-state index contributed by atoms with van der Waals surface area (Å²) < 4.78 is 5.36. The van der Waals surface area contributed by atoms with Gasteiger partial charge in [0.15, 0.2) is 0 Å². The van der Waals surface area contributed by atoms with Gasteiger partial charge in [0.1, 0.15) is 0 Å². The maximum absolute atomic E-state index is 12.3. The molecule has 0 aromatic heterocycles. The Balaban J connectivity index is 1.74. The SMILES string of the molecule is CC(N)c1ccc(NC(=O)c2ccc3c(c2)COC3)cc1. The summed E-state index contributed by atoms with van der Waals surface area (Å²) in [5, 5.41) is 2.89. The van der Waals surface area contributed by atoms with Crippen molar-refractivity contribution in [3.8, 4) is 0 Å². The Morgan fingerprint density at radius 1 is 1.14 bits per heavy atom. The molecular weight excluding hydrogens is 264 g/mol. The number of fused-ring (bicyclic) bond motifs is 1. The molecule has 1 heterocycles. The summed E-state index contributed by atoms with van der Waals surface area (Å²) in [4.78, 5) is 12.3. The summed E-state index contributed by atoms with van der Waals surface area (Å²) in [6, 6.07) is 13.3. The van der Waals surface area contributed by atoms with Crippen molar-refractivity contribution in [3.63, 3.8) is 0 Å². The lowest BCUT2D eigenvalue weighted by molar-refractivity contribution is 0.102. The van der Waals surface area contributed by atoms with Gasteiger partial charge < -0.3 is 15.8 Å². The van der Waals surface area contributed by atoms with Crippen LogP contribution in [-0.4, -0.2) is 5.91 Å². The second kappa shape index (κ2) is 5.68. The van der Waals surface area contributed by atoms with Crippen LogP contribution in [0.15, 0.2) is 42.5 Å². The Bertz CT molecular complexity index is 663. The molecule has 0 saturated carbocycles. The molecule has 0 aliphatic carbocycles. The quantitative estimate of drug-likeness (QED) is 0.909. The van der Waals surface area contributed by atoms with E-state index in [1.54, 1.807) is 0 Å². The molecule has 0 spiro atoms. The lowest BCUT2D eigenvalue weighted by Gasteiger charge is -2.09. The number of anilines is 1. The molecule has 3 rings (SSSR count). The van der Waals surface area contributed by atoms with Gasteiger partial charge in [-0.25, -0.2) is 0 Å². The number of amides is 1. The van der Waals surface area contributed by atoms with Crippen molar-refractivity contribution < 1.29 is 9.53 Å². The van der Waals surface area contributed by atoms with Gasteiger partial charge >= 0.3 is 0 Å². The molecule has 0 saturated heterocycles. The average molecular weight is 282 g/mol. The monoisotopic (exact) mass is 282 g/mol. The normalized spacial score (nSPS) is 14.6. The van der Waals surface area contributed by atoms with Gasteiger partial charge in [0, 0.05) is 17.3 Å². The van der Waals surface area contributed by atoms with Crippen molar-refractivity contribution in [2.75, 3.05) is 5.32 Å². The highest BCUT2D eigenvalue weighted by Gasteiger charge is 2.14. The molecule has 0 bridgehead atoms. The molecule has 21 heavy (non-hydrogen) atoms. The molecule has 0 radical (unpaired) electrons. The van der Waals surface area contributed by atoms with Gasteiger partial charge in [0.05, 0.1) is 13.2 Å². The number of nitrogens with two attached hydrogens (primary N) is 1. The molecule has 1 amide bonds. The standard InChI is InChI=1S/C17H18N2O2/c1-11(18)12-4-6-16(7-5-12)19-17(20)13-2-3-14-9-21-10-15(14)8-13/h2-8,11H,9-10,18H2,1H3,(H,19,20). The predicted molar refractivity (Wildman–Crippen MR) is 81.9 cm³/mol. The van der Waals surface area contributed by atoms with Crippen LogP contribution >= 0.6 is 0 Å². The summed E-state index contributed by atoms with van der Waals surface area (Å²) in [7, 11) is 0. The largest absolute Gasteiger partial charge is 0.372 e. The summed E-state index contributed by atoms with van der Waals surface area (Å²) in [5.74, 6) is -0.113. The Kier molecular flexibility index (Phi) is 3.73. The molecule has 4 nitrogen and oxygen atoms in total. The first-order valence-corrected chi connectivity index (χ1v) is 7.00. The minimum Gasteiger partial charge on any atom is -0.372 e. The van der Waals surface area contributed by atoms with Gasteiger partial charge in [-0.3, -0.25) is 4.79 Å². The van der Waals surface area contributed by atoms with E-state index in [1.807, 2.05) is 49.4 Å². The van der Waals surface area contributed by atoms with E-state index in [1.165, 1.54) is 0 Å². The third-order valence-electron chi connectivity index (χ3n) is 3.68.